The van der Waals surface area contributed by atoms with Gasteiger partial charge in [-0.05, 0) is 32.2 Å². The number of amidine groups is 1. The SMILES string of the molecule is COc1cccc([C@H]2C(C(=O)OC(C)C)=C(C)N=C3SC=C(CC(=O)NCCN4CCOCC4)N32)c1OC. The Morgan fingerprint density at radius 3 is 2.66 bits per heavy atom. The molecule has 0 radical (unpaired) electrons. The number of fused-ring (bicyclic) bond motifs is 1. The third kappa shape index (κ3) is 6.16. The van der Waals surface area contributed by atoms with Crippen molar-refractivity contribution in [2.24, 2.45) is 4.99 Å². The summed E-state index contributed by atoms with van der Waals surface area (Å²) in [6.45, 7) is 9.94. The van der Waals surface area contributed by atoms with Crippen LogP contribution in [0.4, 0.5) is 0 Å². The lowest BCUT2D eigenvalue weighted by atomic mass is 9.92. The fourth-order valence-corrected chi connectivity index (χ4v) is 5.70. The highest BCUT2D eigenvalue weighted by molar-refractivity contribution is 8.16. The number of ether oxygens (including phenoxy) is 4. The molecule has 11 heteroatoms. The number of nitrogens with zero attached hydrogens (tertiary/aromatic N) is 3. The van der Waals surface area contributed by atoms with Crippen molar-refractivity contribution in [2.75, 3.05) is 53.6 Å². The highest BCUT2D eigenvalue weighted by atomic mass is 32.2. The average molecular weight is 545 g/mol. The summed E-state index contributed by atoms with van der Waals surface area (Å²) >= 11 is 1.43. The summed E-state index contributed by atoms with van der Waals surface area (Å²) in [5, 5.41) is 5.64. The molecule has 0 saturated carbocycles. The largest absolute Gasteiger partial charge is 0.493 e. The number of para-hydroxylation sites is 1. The normalized spacial score (nSPS) is 19.6. The zero-order valence-corrected chi connectivity index (χ0v) is 23.4. The van der Waals surface area contributed by atoms with Crippen LogP contribution in [-0.2, 0) is 19.1 Å². The van der Waals surface area contributed by atoms with Crippen molar-refractivity contribution in [1.82, 2.24) is 15.1 Å². The Labute approximate surface area is 228 Å². The molecule has 1 aromatic carbocycles. The molecule has 206 valence electrons. The molecule has 1 aromatic rings. The second-order valence-corrected chi connectivity index (χ2v) is 10.2. The number of benzene rings is 1. The van der Waals surface area contributed by atoms with Gasteiger partial charge in [-0.3, -0.25) is 9.69 Å². The second-order valence-electron chi connectivity index (χ2n) is 9.41. The highest BCUT2D eigenvalue weighted by Gasteiger charge is 2.43. The number of rotatable bonds is 10. The molecule has 1 saturated heterocycles. The zero-order chi connectivity index (χ0) is 27.2. The Morgan fingerprint density at radius 2 is 1.97 bits per heavy atom. The highest BCUT2D eigenvalue weighted by Crippen LogP contribution is 2.48. The van der Waals surface area contributed by atoms with Gasteiger partial charge in [-0.15, -0.1) is 0 Å². The number of carbonyl (C=O) groups excluding carboxylic acids is 2. The van der Waals surface area contributed by atoms with Gasteiger partial charge in [0.05, 0.1) is 57.3 Å². The van der Waals surface area contributed by atoms with E-state index in [1.165, 1.54) is 11.8 Å². The average Bonchev–Trinajstić information content (AvgIpc) is 3.29. The minimum absolute atomic E-state index is 0.0969. The van der Waals surface area contributed by atoms with E-state index in [0.29, 0.717) is 34.5 Å². The third-order valence-corrected chi connectivity index (χ3v) is 7.38. The zero-order valence-electron chi connectivity index (χ0n) is 22.6. The maximum absolute atomic E-state index is 13.4. The maximum atomic E-state index is 13.4. The summed E-state index contributed by atoms with van der Waals surface area (Å²) in [5.74, 6) is 0.498. The van der Waals surface area contributed by atoms with Crippen LogP contribution in [0.15, 0.2) is 45.6 Å². The van der Waals surface area contributed by atoms with Crippen molar-refractivity contribution in [3.05, 3.63) is 46.1 Å². The number of morpholine rings is 1. The fraction of sp³-hybridized carbons (Fsp3) is 0.519. The van der Waals surface area contributed by atoms with Crippen LogP contribution >= 0.6 is 11.8 Å². The van der Waals surface area contributed by atoms with E-state index in [4.69, 9.17) is 23.9 Å². The van der Waals surface area contributed by atoms with Gasteiger partial charge in [0.1, 0.15) is 0 Å². The Bertz CT molecular complexity index is 1140. The molecule has 1 fully saturated rings. The first-order valence-corrected chi connectivity index (χ1v) is 13.6. The monoisotopic (exact) mass is 544 g/mol. The van der Waals surface area contributed by atoms with E-state index in [0.717, 1.165) is 44.1 Å². The molecule has 1 N–H and O–H groups in total. The van der Waals surface area contributed by atoms with Crippen LogP contribution in [0.2, 0.25) is 0 Å². The fourth-order valence-electron chi connectivity index (χ4n) is 4.74. The van der Waals surface area contributed by atoms with Gasteiger partial charge >= 0.3 is 5.97 Å². The third-order valence-electron chi connectivity index (χ3n) is 6.49. The molecule has 1 amide bonds. The molecule has 3 aliphatic heterocycles. The van der Waals surface area contributed by atoms with Crippen molar-refractivity contribution in [3.63, 3.8) is 0 Å². The summed E-state index contributed by atoms with van der Waals surface area (Å²) in [6.07, 6.45) is -0.162. The molecule has 0 spiro atoms. The number of carbonyl (C=O) groups is 2. The Kier molecular flexibility index (Phi) is 9.35. The van der Waals surface area contributed by atoms with E-state index in [2.05, 4.69) is 10.2 Å². The predicted octanol–water partition coefficient (Wildman–Crippen LogP) is 3.07. The summed E-state index contributed by atoms with van der Waals surface area (Å²) in [5.41, 5.74) is 2.43. The van der Waals surface area contributed by atoms with E-state index in [-0.39, 0.29) is 18.4 Å². The van der Waals surface area contributed by atoms with E-state index in [1.807, 2.05) is 36.3 Å². The van der Waals surface area contributed by atoms with Crippen molar-refractivity contribution >= 4 is 28.8 Å². The van der Waals surface area contributed by atoms with Crippen molar-refractivity contribution in [1.29, 1.82) is 0 Å². The number of allylic oxidation sites excluding steroid dienone is 1. The standard InChI is InChI=1S/C27H36N4O6S/c1-17(2)37-26(33)23-18(3)29-27-31(24(23)20-7-6-8-21(34-4)25(20)35-5)19(16-38-27)15-22(32)28-9-10-30-11-13-36-14-12-30/h6-8,16-17,24H,9-15H2,1-5H3,(H,28,32)/t24-/m0/s1. The molecule has 0 aliphatic carbocycles. The van der Waals surface area contributed by atoms with E-state index < -0.39 is 12.0 Å². The first kappa shape index (κ1) is 28.0. The smallest absolute Gasteiger partial charge is 0.338 e. The number of hydrogen-bond acceptors (Lipinski definition) is 10. The summed E-state index contributed by atoms with van der Waals surface area (Å²) in [7, 11) is 3.14. The lowest BCUT2D eigenvalue weighted by molar-refractivity contribution is -0.143. The minimum atomic E-state index is -0.610. The van der Waals surface area contributed by atoms with E-state index in [1.54, 1.807) is 27.2 Å². The van der Waals surface area contributed by atoms with Crippen molar-refractivity contribution in [3.8, 4) is 11.5 Å². The van der Waals surface area contributed by atoms with Crippen LogP contribution in [0.25, 0.3) is 0 Å². The van der Waals surface area contributed by atoms with Gasteiger partial charge in [0.25, 0.3) is 0 Å². The molecule has 3 aliphatic rings. The van der Waals surface area contributed by atoms with Crippen LogP contribution in [0.3, 0.4) is 0 Å². The quantitative estimate of drug-likeness (QED) is 0.445. The number of esters is 1. The van der Waals surface area contributed by atoms with E-state index >= 15 is 0 Å². The Hall–Kier alpha value is -3.02. The second kappa shape index (κ2) is 12.7. The molecule has 0 unspecified atom stereocenters. The molecule has 1 atom stereocenters. The van der Waals surface area contributed by atoms with Gasteiger partial charge in [0, 0.05) is 37.4 Å². The molecule has 10 nitrogen and oxygen atoms in total. The van der Waals surface area contributed by atoms with Crippen molar-refractivity contribution < 1.29 is 28.5 Å². The van der Waals surface area contributed by atoms with Gasteiger partial charge in [0.15, 0.2) is 16.7 Å². The van der Waals surface area contributed by atoms with Crippen LogP contribution in [-0.4, -0.2) is 86.6 Å². The van der Waals surface area contributed by atoms with Gasteiger partial charge < -0.3 is 29.2 Å². The van der Waals surface area contributed by atoms with Crippen LogP contribution in [0.5, 0.6) is 11.5 Å². The number of nitrogens with one attached hydrogen (secondary N) is 1. The summed E-state index contributed by atoms with van der Waals surface area (Å²) in [6, 6.07) is 4.95. The van der Waals surface area contributed by atoms with Gasteiger partial charge in [-0.1, -0.05) is 23.9 Å². The number of methoxy groups -OCH3 is 2. The number of thioether (sulfide) groups is 1. The lowest BCUT2D eigenvalue weighted by Gasteiger charge is -2.37. The molecule has 3 heterocycles. The Morgan fingerprint density at radius 1 is 1.21 bits per heavy atom. The van der Waals surface area contributed by atoms with Crippen LogP contribution in [0, 0.1) is 0 Å². The maximum Gasteiger partial charge on any atom is 0.338 e. The van der Waals surface area contributed by atoms with Crippen LogP contribution < -0.4 is 14.8 Å². The number of amides is 1. The van der Waals surface area contributed by atoms with Gasteiger partial charge in [-0.2, -0.15) is 0 Å². The molecular weight excluding hydrogens is 508 g/mol. The molecule has 0 bridgehead atoms. The number of aliphatic imine (C=N–C) groups is 1. The van der Waals surface area contributed by atoms with Gasteiger partial charge in [0.2, 0.25) is 5.91 Å². The topological polar surface area (TPSA) is 102 Å². The molecule has 4 rings (SSSR count). The first-order chi connectivity index (χ1) is 18.3. The predicted molar refractivity (Wildman–Crippen MR) is 146 cm³/mol. The minimum Gasteiger partial charge on any atom is -0.493 e. The summed E-state index contributed by atoms with van der Waals surface area (Å²) < 4.78 is 22.3. The Balaban J connectivity index is 1.61. The van der Waals surface area contributed by atoms with Gasteiger partial charge in [-0.25, -0.2) is 9.79 Å². The molecule has 38 heavy (non-hydrogen) atoms. The van der Waals surface area contributed by atoms with E-state index in [9.17, 15) is 9.59 Å². The van der Waals surface area contributed by atoms with Crippen molar-refractivity contribution in [2.45, 2.75) is 39.3 Å². The van der Waals surface area contributed by atoms with Crippen LogP contribution in [0.1, 0.15) is 38.8 Å². The lowest BCUT2D eigenvalue weighted by Crippen LogP contribution is -2.42. The molecular formula is C27H36N4O6S. The first-order valence-electron chi connectivity index (χ1n) is 12.8. The molecule has 0 aromatic heterocycles. The summed E-state index contributed by atoms with van der Waals surface area (Å²) in [4.78, 5) is 35.3. The number of hydrogen-bond donors (Lipinski definition) is 1.